The molecule has 37 heavy (non-hydrogen) atoms. The zero-order valence-corrected chi connectivity index (χ0v) is 20.6. The first-order valence-corrected chi connectivity index (χ1v) is 12.3. The minimum absolute atomic E-state index is 0.369. The van der Waals surface area contributed by atoms with Crippen molar-refractivity contribution >= 4 is 46.2 Å². The third kappa shape index (κ3) is 7.63. The average molecular weight is 495 g/mol. The van der Waals surface area contributed by atoms with Crippen LogP contribution < -0.4 is 21.3 Å². The van der Waals surface area contributed by atoms with Gasteiger partial charge in [0.2, 0.25) is 11.8 Å². The Balaban J connectivity index is 1.36. The molecule has 2 heterocycles. The molecule has 0 fully saturated rings. The van der Waals surface area contributed by atoms with Crippen molar-refractivity contribution in [1.29, 1.82) is 0 Å². The first-order chi connectivity index (χ1) is 18.1. The number of unbranched alkanes of at least 4 members (excludes halogenated alkanes) is 1. The van der Waals surface area contributed by atoms with Crippen LogP contribution in [0, 0.1) is 5.92 Å². The third-order valence-corrected chi connectivity index (χ3v) is 5.63. The van der Waals surface area contributed by atoms with E-state index in [-0.39, 0.29) is 11.8 Å². The molecule has 0 bridgehead atoms. The number of hydrogen-bond acceptors (Lipinski definition) is 6. The first-order valence-electron chi connectivity index (χ1n) is 12.3. The number of carbonyl (C=O) groups is 2. The Morgan fingerprint density at radius 3 is 1.49 bits per heavy atom. The van der Waals surface area contributed by atoms with E-state index >= 15 is 0 Å². The number of amides is 2. The van der Waals surface area contributed by atoms with E-state index in [4.69, 9.17) is 0 Å². The molecule has 0 saturated carbocycles. The molecule has 0 radical (unpaired) electrons. The van der Waals surface area contributed by atoms with Crippen molar-refractivity contribution in [3.05, 3.63) is 97.3 Å². The van der Waals surface area contributed by atoms with Crippen molar-refractivity contribution in [2.75, 3.05) is 21.3 Å². The minimum atomic E-state index is -0.843. The molecule has 2 aromatic heterocycles. The zero-order valence-electron chi connectivity index (χ0n) is 20.6. The third-order valence-electron chi connectivity index (χ3n) is 5.63. The lowest BCUT2D eigenvalue weighted by Crippen LogP contribution is -2.34. The predicted molar refractivity (Wildman–Crippen MR) is 148 cm³/mol. The molecule has 0 aliphatic rings. The molecular formula is C29H30N6O2. The van der Waals surface area contributed by atoms with E-state index < -0.39 is 5.92 Å². The molecule has 2 aromatic carbocycles. The van der Waals surface area contributed by atoms with Crippen LogP contribution in [0.2, 0.25) is 0 Å². The van der Waals surface area contributed by atoms with E-state index in [1.54, 1.807) is 36.7 Å². The summed E-state index contributed by atoms with van der Waals surface area (Å²) in [5.74, 6) is -0.271. The minimum Gasteiger partial charge on any atom is -0.340 e. The van der Waals surface area contributed by atoms with Gasteiger partial charge in [0.25, 0.3) is 0 Å². The van der Waals surface area contributed by atoms with Gasteiger partial charge in [0.05, 0.1) is 23.8 Å². The number of anilines is 6. The lowest BCUT2D eigenvalue weighted by atomic mass is 10.00. The molecule has 0 atom stereocenters. The van der Waals surface area contributed by atoms with Crippen molar-refractivity contribution in [2.45, 2.75) is 26.2 Å². The second-order valence-corrected chi connectivity index (χ2v) is 8.52. The molecule has 0 unspecified atom stereocenters. The summed E-state index contributed by atoms with van der Waals surface area (Å²) in [7, 11) is 0. The second kappa shape index (κ2) is 12.8. The highest BCUT2D eigenvalue weighted by Gasteiger charge is 2.26. The molecule has 8 heteroatoms. The summed E-state index contributed by atoms with van der Waals surface area (Å²) >= 11 is 0. The molecule has 8 nitrogen and oxygen atoms in total. The van der Waals surface area contributed by atoms with E-state index in [1.165, 1.54) is 0 Å². The first kappa shape index (κ1) is 25.4. The Morgan fingerprint density at radius 2 is 1.11 bits per heavy atom. The van der Waals surface area contributed by atoms with Crippen LogP contribution in [0.15, 0.2) is 97.3 Å². The van der Waals surface area contributed by atoms with Crippen LogP contribution in [0.5, 0.6) is 0 Å². The van der Waals surface area contributed by atoms with Crippen LogP contribution in [0.25, 0.3) is 0 Å². The van der Waals surface area contributed by atoms with Crippen LogP contribution in [0.4, 0.5) is 34.4 Å². The normalized spacial score (nSPS) is 10.5. The lowest BCUT2D eigenvalue weighted by molar-refractivity contribution is -0.129. The number of pyridine rings is 2. The molecule has 0 saturated heterocycles. The fraction of sp³-hybridized carbons (Fsp3) is 0.172. The molecule has 4 rings (SSSR count). The van der Waals surface area contributed by atoms with Crippen LogP contribution in [0.3, 0.4) is 0 Å². The monoisotopic (exact) mass is 494 g/mol. The largest absolute Gasteiger partial charge is 0.340 e. The number of benzene rings is 2. The summed E-state index contributed by atoms with van der Waals surface area (Å²) in [5, 5.41) is 12.1. The van der Waals surface area contributed by atoms with E-state index in [9.17, 15) is 9.59 Å². The van der Waals surface area contributed by atoms with Gasteiger partial charge in [0, 0.05) is 11.4 Å². The number of nitrogens with zero attached hydrogens (tertiary/aromatic N) is 2. The maximum Gasteiger partial charge on any atom is 0.237 e. The van der Waals surface area contributed by atoms with E-state index in [1.807, 2.05) is 67.6 Å². The van der Waals surface area contributed by atoms with Gasteiger partial charge in [-0.25, -0.2) is 9.97 Å². The topological polar surface area (TPSA) is 108 Å². The van der Waals surface area contributed by atoms with Gasteiger partial charge in [-0.1, -0.05) is 56.2 Å². The summed E-state index contributed by atoms with van der Waals surface area (Å²) in [6.45, 7) is 2.03. The van der Waals surface area contributed by atoms with Crippen molar-refractivity contribution < 1.29 is 9.59 Å². The molecule has 0 aliphatic heterocycles. The predicted octanol–water partition coefficient (Wildman–Crippen LogP) is 6.35. The Labute approximate surface area is 216 Å². The number of hydrogen-bond donors (Lipinski definition) is 4. The van der Waals surface area contributed by atoms with Crippen LogP contribution >= 0.6 is 0 Å². The standard InChI is InChI=1S/C29H30N6O2/c1-2-3-14-25(28(36)34-23-15-17-26(30-19-23)32-21-10-6-4-7-11-21)29(37)35-24-16-18-27(31-20-24)33-22-12-8-5-9-13-22/h4-13,15-20,25H,2-3,14H2,1H3,(H,30,32)(H,31,33)(H,34,36)(H,35,37). The number of carbonyl (C=O) groups excluding carboxylic acids is 2. The average Bonchev–Trinajstić information content (AvgIpc) is 2.92. The Bertz CT molecular complexity index is 1180. The summed E-state index contributed by atoms with van der Waals surface area (Å²) < 4.78 is 0. The fourth-order valence-corrected chi connectivity index (χ4v) is 3.67. The van der Waals surface area contributed by atoms with E-state index in [2.05, 4.69) is 31.2 Å². The molecule has 0 spiro atoms. The maximum atomic E-state index is 13.0. The van der Waals surface area contributed by atoms with Gasteiger partial charge in [-0.2, -0.15) is 0 Å². The van der Waals surface area contributed by atoms with E-state index in [0.29, 0.717) is 29.4 Å². The lowest BCUT2D eigenvalue weighted by Gasteiger charge is -2.17. The van der Waals surface area contributed by atoms with Gasteiger partial charge >= 0.3 is 0 Å². The van der Waals surface area contributed by atoms with Gasteiger partial charge in [-0.05, 0) is 55.0 Å². The molecule has 2 amide bonds. The SMILES string of the molecule is CCCCC(C(=O)Nc1ccc(Nc2ccccc2)nc1)C(=O)Nc1ccc(Nc2ccccc2)nc1. The smallest absolute Gasteiger partial charge is 0.237 e. The summed E-state index contributed by atoms with van der Waals surface area (Å²) in [4.78, 5) is 34.8. The molecular weight excluding hydrogens is 464 g/mol. The highest BCUT2D eigenvalue weighted by Crippen LogP contribution is 2.20. The van der Waals surface area contributed by atoms with Gasteiger partial charge in [0.15, 0.2) is 0 Å². The fourth-order valence-electron chi connectivity index (χ4n) is 3.67. The molecule has 188 valence electrons. The number of para-hydroxylation sites is 2. The summed E-state index contributed by atoms with van der Waals surface area (Å²) in [5.41, 5.74) is 2.88. The Hall–Kier alpha value is -4.72. The number of aromatic nitrogens is 2. The van der Waals surface area contributed by atoms with Crippen LogP contribution in [-0.4, -0.2) is 21.8 Å². The van der Waals surface area contributed by atoms with Crippen LogP contribution in [-0.2, 0) is 9.59 Å². The van der Waals surface area contributed by atoms with Gasteiger partial charge < -0.3 is 21.3 Å². The number of nitrogens with one attached hydrogen (secondary N) is 4. The molecule has 4 N–H and O–H groups in total. The highest BCUT2D eigenvalue weighted by molar-refractivity contribution is 6.10. The molecule has 0 aliphatic carbocycles. The van der Waals surface area contributed by atoms with E-state index in [0.717, 1.165) is 24.2 Å². The van der Waals surface area contributed by atoms with Crippen LogP contribution in [0.1, 0.15) is 26.2 Å². The summed E-state index contributed by atoms with van der Waals surface area (Å²) in [6.07, 6.45) is 5.21. The molecule has 4 aromatic rings. The van der Waals surface area contributed by atoms with Gasteiger partial charge in [-0.15, -0.1) is 0 Å². The van der Waals surface area contributed by atoms with Crippen molar-refractivity contribution in [2.24, 2.45) is 5.92 Å². The second-order valence-electron chi connectivity index (χ2n) is 8.52. The maximum absolute atomic E-state index is 13.0. The van der Waals surface area contributed by atoms with Crippen molar-refractivity contribution in [3.63, 3.8) is 0 Å². The van der Waals surface area contributed by atoms with Gasteiger partial charge in [-0.3, -0.25) is 9.59 Å². The van der Waals surface area contributed by atoms with Crippen molar-refractivity contribution in [3.8, 4) is 0 Å². The van der Waals surface area contributed by atoms with Crippen molar-refractivity contribution in [1.82, 2.24) is 9.97 Å². The Kier molecular flexibility index (Phi) is 8.80. The quantitative estimate of drug-likeness (QED) is 0.181. The Morgan fingerprint density at radius 1 is 0.649 bits per heavy atom. The van der Waals surface area contributed by atoms with Gasteiger partial charge in [0.1, 0.15) is 17.6 Å². The number of rotatable bonds is 11. The summed E-state index contributed by atoms with van der Waals surface area (Å²) in [6, 6.07) is 26.5. The highest BCUT2D eigenvalue weighted by atomic mass is 16.2. The zero-order chi connectivity index (χ0) is 25.9.